The van der Waals surface area contributed by atoms with E-state index in [1.54, 1.807) is 14.1 Å². The van der Waals surface area contributed by atoms with Crippen LogP contribution in [0.3, 0.4) is 0 Å². The van der Waals surface area contributed by atoms with Gasteiger partial charge in [0.25, 0.3) is 5.91 Å². The highest BCUT2D eigenvalue weighted by Gasteiger charge is 2.64. The first-order chi connectivity index (χ1) is 16.4. The maximum absolute atomic E-state index is 13.9. The molecule has 5 N–H and O–H groups in total. The molecule has 4 atom stereocenters. The average molecular weight is 482 g/mol. The molecule has 3 aliphatic carbocycles. The smallest absolute Gasteiger partial charge is 0.255 e. The molecule has 3 aliphatic rings. The lowest BCUT2D eigenvalue weighted by atomic mass is 9.57. The van der Waals surface area contributed by atoms with Gasteiger partial charge in [-0.15, -0.1) is 0 Å². The van der Waals surface area contributed by atoms with E-state index in [0.717, 1.165) is 11.3 Å². The zero-order valence-corrected chi connectivity index (χ0v) is 19.7. The molecule has 0 unspecified atom stereocenters. The molecule has 0 radical (unpaired) electrons. The van der Waals surface area contributed by atoms with Gasteiger partial charge in [0.15, 0.2) is 23.4 Å². The number of fused-ring (bicyclic) bond motifs is 5. The SMILES string of the molecule is CN(C)c1cc2ncoc2c2c1C[C@H]1C[C@H]3[C@H](N(C)C)C(=O)C(C(N)=O)=C(O)[C@@]3(O)C(=O)C1=C2O. The molecular weight excluding hydrogens is 456 g/mol. The standard InChI is InChI=1S/C24H26N4O7/c1-27(2)13-7-12-20(35-8-26-12)15-10(13)5-9-6-11-17(28(3)4)19(30)16(23(25)33)22(32)24(11,34)21(31)14(9)18(15)29/h7-9,11,17,29,32,34H,5-6H2,1-4H3,(H2,25,33)/t9-,11-,17-,24-/m0/s1. The fourth-order valence-electron chi connectivity index (χ4n) is 6.01. The van der Waals surface area contributed by atoms with Gasteiger partial charge in [-0.1, -0.05) is 0 Å². The van der Waals surface area contributed by atoms with Crippen molar-refractivity contribution in [3.8, 4) is 0 Å². The molecule has 1 aromatic carbocycles. The van der Waals surface area contributed by atoms with Crippen LogP contribution in [0.25, 0.3) is 16.9 Å². The molecule has 1 fully saturated rings. The van der Waals surface area contributed by atoms with Crippen molar-refractivity contribution in [2.75, 3.05) is 33.1 Å². The predicted molar refractivity (Wildman–Crippen MR) is 124 cm³/mol. The van der Waals surface area contributed by atoms with Crippen molar-refractivity contribution in [1.29, 1.82) is 0 Å². The van der Waals surface area contributed by atoms with E-state index in [1.165, 1.54) is 11.3 Å². The lowest BCUT2D eigenvalue weighted by molar-refractivity contribution is -0.153. The number of hydrogen-bond donors (Lipinski definition) is 4. The van der Waals surface area contributed by atoms with Crippen molar-refractivity contribution in [2.45, 2.75) is 24.5 Å². The minimum Gasteiger partial charge on any atom is -0.508 e. The topological polar surface area (TPSA) is 170 Å². The van der Waals surface area contributed by atoms with Crippen LogP contribution in [0.5, 0.6) is 0 Å². The molecule has 5 rings (SSSR count). The molecule has 1 heterocycles. The number of rotatable bonds is 3. The molecule has 0 saturated heterocycles. The first-order valence-electron chi connectivity index (χ1n) is 11.1. The van der Waals surface area contributed by atoms with Crippen LogP contribution in [0.2, 0.25) is 0 Å². The van der Waals surface area contributed by atoms with Crippen LogP contribution in [-0.4, -0.2) is 82.5 Å². The largest absolute Gasteiger partial charge is 0.508 e. The number of carbonyl (C=O) groups is 3. The molecule has 0 spiro atoms. The number of carbonyl (C=O) groups excluding carboxylic acids is 3. The van der Waals surface area contributed by atoms with E-state index in [9.17, 15) is 29.7 Å². The number of aromatic nitrogens is 1. The van der Waals surface area contributed by atoms with Crippen molar-refractivity contribution in [3.63, 3.8) is 0 Å². The van der Waals surface area contributed by atoms with Gasteiger partial charge in [-0.05, 0) is 44.5 Å². The number of amides is 1. The normalized spacial score (nSPS) is 28.3. The summed E-state index contributed by atoms with van der Waals surface area (Å²) in [5.41, 5.74) is 4.43. The second-order valence-corrected chi connectivity index (χ2v) is 9.81. The van der Waals surface area contributed by atoms with Crippen LogP contribution in [0.15, 0.2) is 33.8 Å². The highest BCUT2D eigenvalue weighted by molar-refractivity contribution is 6.24. The molecule has 0 bridgehead atoms. The summed E-state index contributed by atoms with van der Waals surface area (Å²) < 4.78 is 5.53. The van der Waals surface area contributed by atoms with Crippen LogP contribution in [0.1, 0.15) is 17.5 Å². The molecule has 1 amide bonds. The Bertz CT molecular complexity index is 1390. The third-order valence-electron chi connectivity index (χ3n) is 7.50. The Labute approximate surface area is 200 Å². The Morgan fingerprint density at radius 3 is 2.51 bits per heavy atom. The maximum atomic E-state index is 13.9. The number of primary amides is 1. The van der Waals surface area contributed by atoms with Crippen LogP contribution in [0, 0.1) is 11.8 Å². The van der Waals surface area contributed by atoms with Crippen molar-refractivity contribution >= 4 is 40.0 Å². The van der Waals surface area contributed by atoms with Crippen molar-refractivity contribution in [2.24, 2.45) is 17.6 Å². The van der Waals surface area contributed by atoms with Gasteiger partial charge in [-0.3, -0.25) is 19.3 Å². The lowest BCUT2D eigenvalue weighted by Crippen LogP contribution is -2.65. The van der Waals surface area contributed by atoms with E-state index < -0.39 is 52.3 Å². The maximum Gasteiger partial charge on any atom is 0.255 e. The van der Waals surface area contributed by atoms with Gasteiger partial charge in [-0.2, -0.15) is 0 Å². The molecule has 11 nitrogen and oxygen atoms in total. The molecule has 0 aliphatic heterocycles. The van der Waals surface area contributed by atoms with Crippen LogP contribution >= 0.6 is 0 Å². The number of hydrogen-bond acceptors (Lipinski definition) is 10. The van der Waals surface area contributed by atoms with Crippen molar-refractivity contribution in [1.82, 2.24) is 9.88 Å². The van der Waals surface area contributed by atoms with Gasteiger partial charge < -0.3 is 30.4 Å². The molecule has 11 heteroatoms. The third-order valence-corrected chi connectivity index (χ3v) is 7.50. The number of aliphatic hydroxyl groups is 3. The van der Waals surface area contributed by atoms with E-state index in [1.807, 2.05) is 25.1 Å². The van der Waals surface area contributed by atoms with E-state index in [4.69, 9.17) is 10.2 Å². The molecule has 35 heavy (non-hydrogen) atoms. The first-order valence-corrected chi connectivity index (χ1v) is 11.1. The summed E-state index contributed by atoms with van der Waals surface area (Å²) in [6.07, 6.45) is 1.65. The summed E-state index contributed by atoms with van der Waals surface area (Å²) in [5.74, 6) is -6.05. The lowest BCUT2D eigenvalue weighted by Gasteiger charge is -2.50. The van der Waals surface area contributed by atoms with Crippen molar-refractivity contribution in [3.05, 3.63) is 40.5 Å². The third kappa shape index (κ3) is 2.85. The number of anilines is 1. The number of benzene rings is 1. The van der Waals surface area contributed by atoms with Crippen LogP contribution < -0.4 is 10.6 Å². The monoisotopic (exact) mass is 482 g/mol. The van der Waals surface area contributed by atoms with E-state index >= 15 is 0 Å². The summed E-state index contributed by atoms with van der Waals surface area (Å²) in [5, 5.41) is 34.0. The number of aliphatic hydroxyl groups excluding tert-OH is 2. The van der Waals surface area contributed by atoms with E-state index in [-0.39, 0.29) is 17.8 Å². The van der Waals surface area contributed by atoms with Gasteiger partial charge in [0.1, 0.15) is 22.6 Å². The van der Waals surface area contributed by atoms with Crippen LogP contribution in [0.4, 0.5) is 5.69 Å². The summed E-state index contributed by atoms with van der Waals surface area (Å²) in [4.78, 5) is 46.6. The fraction of sp³-hybridized carbons (Fsp3) is 0.417. The number of nitrogens with two attached hydrogens (primary N) is 1. The van der Waals surface area contributed by atoms with Crippen molar-refractivity contribution < 1.29 is 34.1 Å². The Balaban J connectivity index is 1.79. The zero-order valence-electron chi connectivity index (χ0n) is 19.7. The molecule has 184 valence electrons. The second kappa shape index (κ2) is 7.40. The summed E-state index contributed by atoms with van der Waals surface area (Å²) >= 11 is 0. The Hall–Kier alpha value is -3.70. The number of Topliss-reactive ketones (excluding diaryl/α,β-unsaturated/α-hetero) is 2. The Morgan fingerprint density at radius 1 is 1.23 bits per heavy atom. The molecule has 1 aromatic heterocycles. The molecule has 2 aromatic rings. The predicted octanol–water partition coefficient (Wildman–Crippen LogP) is 0.466. The number of nitrogens with zero attached hydrogens (tertiary/aromatic N) is 3. The quantitative estimate of drug-likeness (QED) is 0.451. The number of oxazole rings is 1. The van der Waals surface area contributed by atoms with Crippen LogP contribution in [-0.2, 0) is 20.8 Å². The average Bonchev–Trinajstić information content (AvgIpc) is 3.23. The second-order valence-electron chi connectivity index (χ2n) is 9.81. The van der Waals surface area contributed by atoms with Gasteiger partial charge in [-0.25, -0.2) is 4.98 Å². The number of likely N-dealkylation sites (N-methyl/N-ethyl adjacent to an activating group) is 1. The molecule has 1 saturated carbocycles. The van der Waals surface area contributed by atoms with Gasteiger partial charge in [0, 0.05) is 31.3 Å². The van der Waals surface area contributed by atoms with E-state index in [2.05, 4.69) is 4.98 Å². The van der Waals surface area contributed by atoms with Gasteiger partial charge in [0.2, 0.25) is 5.78 Å². The number of ketones is 2. The highest BCUT2D eigenvalue weighted by Crippen LogP contribution is 2.53. The summed E-state index contributed by atoms with van der Waals surface area (Å²) in [7, 11) is 6.85. The Morgan fingerprint density at radius 2 is 1.91 bits per heavy atom. The van der Waals surface area contributed by atoms with E-state index in [0.29, 0.717) is 23.1 Å². The van der Waals surface area contributed by atoms with Gasteiger partial charge >= 0.3 is 0 Å². The highest BCUT2D eigenvalue weighted by atomic mass is 16.4. The fourth-order valence-corrected chi connectivity index (χ4v) is 6.01. The zero-order chi connectivity index (χ0) is 25.6. The Kier molecular flexibility index (Phi) is 4.87. The minimum atomic E-state index is -2.61. The summed E-state index contributed by atoms with van der Waals surface area (Å²) in [6, 6.07) is 0.745. The minimum absolute atomic E-state index is 0.0903. The summed E-state index contributed by atoms with van der Waals surface area (Å²) in [6.45, 7) is 0. The van der Waals surface area contributed by atoms with Gasteiger partial charge in [0.05, 0.1) is 11.6 Å². The first kappa shape index (κ1) is 23.1. The molecular formula is C24H26N4O7.